The van der Waals surface area contributed by atoms with Crippen molar-refractivity contribution in [3.8, 4) is 23.0 Å². The minimum absolute atomic E-state index is 0.00923. The number of fused-ring (bicyclic) bond motifs is 10. The predicted molar refractivity (Wildman–Crippen MR) is 297 cm³/mol. The van der Waals surface area contributed by atoms with Crippen molar-refractivity contribution in [2.45, 2.75) is 132 Å². The van der Waals surface area contributed by atoms with Crippen LogP contribution >= 0.6 is 0 Å². The van der Waals surface area contributed by atoms with Gasteiger partial charge in [-0.05, 0) is 142 Å². The molecule has 0 saturated carbocycles. The summed E-state index contributed by atoms with van der Waals surface area (Å²) in [6, 6.07) is 23.1. The molecule has 3 aliphatic rings. The predicted octanol–water partition coefficient (Wildman–Crippen LogP) is 9.82. The van der Waals surface area contributed by atoms with Gasteiger partial charge in [-0.2, -0.15) is 10.2 Å². The van der Waals surface area contributed by atoms with Crippen LogP contribution in [0.25, 0.3) is 0 Å². The maximum absolute atomic E-state index is 14.0. The van der Waals surface area contributed by atoms with Crippen LogP contribution in [0.1, 0.15) is 171 Å². The number of nitrogens with zero attached hydrogens (tertiary/aromatic N) is 3. The molecule has 402 valence electrons. The number of carbonyl (C=O) groups is 4. The van der Waals surface area contributed by atoms with E-state index in [4.69, 9.17) is 18.9 Å². The molecule has 0 fully saturated rings. The van der Waals surface area contributed by atoms with Crippen molar-refractivity contribution in [3.63, 3.8) is 0 Å². The van der Waals surface area contributed by atoms with Crippen LogP contribution in [0.2, 0.25) is 0 Å². The molecule has 2 aliphatic heterocycles. The number of para-hydroxylation sites is 2. The summed E-state index contributed by atoms with van der Waals surface area (Å²) in [5.74, 6) is 0.711. The number of nitrogens with one attached hydrogen (secondary N) is 4. The second-order valence-corrected chi connectivity index (χ2v) is 20.4. The molecular formula is C61H75N7O8. The summed E-state index contributed by atoms with van der Waals surface area (Å²) >= 11 is 0. The van der Waals surface area contributed by atoms with Crippen LogP contribution in [0.3, 0.4) is 0 Å². The van der Waals surface area contributed by atoms with Gasteiger partial charge in [0, 0.05) is 25.7 Å². The van der Waals surface area contributed by atoms with E-state index < -0.39 is 35.7 Å². The normalized spacial score (nSPS) is 16.9. The summed E-state index contributed by atoms with van der Waals surface area (Å²) in [7, 11) is 0. The summed E-state index contributed by atoms with van der Waals surface area (Å²) in [6.45, 7) is 18.1. The maximum Gasteiger partial charge on any atom is 0.270 e. The molecule has 4 N–H and O–H groups in total. The van der Waals surface area contributed by atoms with Gasteiger partial charge >= 0.3 is 0 Å². The Kier molecular flexibility index (Phi) is 20.2. The first kappa shape index (κ1) is 56.2. The number of hydrazone groups is 2. The molecule has 3 heterocycles. The van der Waals surface area contributed by atoms with E-state index in [1.165, 1.54) is 18.2 Å². The zero-order chi connectivity index (χ0) is 54.1. The van der Waals surface area contributed by atoms with E-state index in [0.717, 1.165) is 104 Å². The van der Waals surface area contributed by atoms with Crippen LogP contribution in [-0.4, -0.2) is 79.6 Å². The summed E-state index contributed by atoms with van der Waals surface area (Å²) in [5, 5.41) is 14.6. The molecule has 0 radical (unpaired) electrons. The first-order chi connectivity index (χ1) is 36.8. The molecule has 12 bridgehead atoms. The Morgan fingerprint density at radius 2 is 0.763 bits per heavy atom. The van der Waals surface area contributed by atoms with E-state index in [2.05, 4.69) is 101 Å². The summed E-state index contributed by atoms with van der Waals surface area (Å²) in [6.07, 6.45) is 8.76. The molecule has 8 rings (SSSR count). The van der Waals surface area contributed by atoms with E-state index >= 15 is 0 Å². The Morgan fingerprint density at radius 1 is 0.461 bits per heavy atom. The fourth-order valence-electron chi connectivity index (χ4n) is 9.50. The van der Waals surface area contributed by atoms with Gasteiger partial charge in [0.25, 0.3) is 23.6 Å². The van der Waals surface area contributed by atoms with E-state index in [9.17, 15) is 19.2 Å². The highest BCUT2D eigenvalue weighted by Gasteiger charge is 2.28. The molecule has 4 amide bonds. The van der Waals surface area contributed by atoms with E-state index in [0.29, 0.717) is 65.0 Å². The van der Waals surface area contributed by atoms with Crippen molar-refractivity contribution in [2.24, 2.45) is 22.0 Å². The lowest BCUT2D eigenvalue weighted by Crippen LogP contribution is -2.47. The topological polar surface area (TPSA) is 191 Å². The van der Waals surface area contributed by atoms with E-state index in [-0.39, 0.29) is 23.2 Å². The molecule has 0 saturated heterocycles. The van der Waals surface area contributed by atoms with Gasteiger partial charge in [0.05, 0.1) is 38.9 Å². The van der Waals surface area contributed by atoms with E-state index in [1.807, 2.05) is 52.0 Å². The molecule has 2 atom stereocenters. The molecule has 15 heteroatoms. The fourth-order valence-corrected chi connectivity index (χ4v) is 9.50. The van der Waals surface area contributed by atoms with Crippen LogP contribution in [0.5, 0.6) is 23.0 Å². The number of amides is 4. The van der Waals surface area contributed by atoms with Crippen LogP contribution < -0.4 is 40.4 Å². The van der Waals surface area contributed by atoms with Gasteiger partial charge < -0.3 is 29.6 Å². The first-order valence-corrected chi connectivity index (χ1v) is 27.1. The Morgan fingerprint density at radius 3 is 1.07 bits per heavy atom. The van der Waals surface area contributed by atoms with Gasteiger partial charge in [-0.3, -0.25) is 19.2 Å². The van der Waals surface area contributed by atoms with Gasteiger partial charge in [0.2, 0.25) is 0 Å². The zero-order valence-electron chi connectivity index (χ0n) is 45.5. The van der Waals surface area contributed by atoms with Gasteiger partial charge in [-0.15, -0.1) is 0 Å². The number of hydrogen-bond donors (Lipinski definition) is 4. The molecule has 5 aromatic rings. The number of carbonyl (C=O) groups excluding carboxylic acids is 4. The maximum atomic E-state index is 14.0. The van der Waals surface area contributed by atoms with Gasteiger partial charge in [0.1, 0.15) is 46.5 Å². The third-order valence-electron chi connectivity index (χ3n) is 12.9. The zero-order valence-corrected chi connectivity index (χ0v) is 45.5. The van der Waals surface area contributed by atoms with E-state index in [1.54, 1.807) is 12.4 Å². The number of hydrogen-bond acceptors (Lipinski definition) is 11. The smallest absolute Gasteiger partial charge is 0.270 e. The van der Waals surface area contributed by atoms with Crippen molar-refractivity contribution in [1.82, 2.24) is 26.5 Å². The number of benzene rings is 4. The van der Waals surface area contributed by atoms with Crippen LogP contribution in [-0.2, 0) is 35.3 Å². The standard InChI is InChI=1S/C61H75N7O8/c1-9-22-73-54-42-16-13-17-43(54)33-47-29-41-31-49(57(47)76-25-12-4)35-45-19-14-18-44(55(45)74-23-10-2)34-48-30-40(28-46(32-42)56(48)75-24-11-3)36-62-67-60(71)52(26-38(5)6)65-58(69)50-20-15-21-51(64-50)59(70)66-53(27-39(7)8)61(72)68-63-37-41/h13-21,28-31,36-39,52-53H,9-12,22-27,32-35H2,1-8H3,(H,65,69)(H,66,70)(H,67,71)(H,68,72)/b62-36+,63-37+/t52-,53+. The SMILES string of the molecule is CCCOc1c2cccc1Cc1cc3cc(c1OCCC)Cc1cccc(c1OCCC)Cc1cc(cc(c1OCCC)C2)/C=N/NC(=O)[C@H](CC(C)C)NC(=O)c1cccc(n1)C(=O)N[C@H](CC(C)C)C(=O)N/N=C/3. The molecule has 0 spiro atoms. The van der Waals surface area contributed by atoms with Crippen LogP contribution in [0.4, 0.5) is 0 Å². The molecular weight excluding hydrogens is 959 g/mol. The summed E-state index contributed by atoms with van der Waals surface area (Å²) in [5.41, 5.74) is 14.2. The number of aromatic nitrogens is 1. The van der Waals surface area contributed by atoms with Crippen molar-refractivity contribution in [1.29, 1.82) is 0 Å². The Labute approximate surface area is 448 Å². The third kappa shape index (κ3) is 14.9. The second kappa shape index (κ2) is 27.3. The van der Waals surface area contributed by atoms with Crippen molar-refractivity contribution in [3.05, 3.63) is 146 Å². The minimum Gasteiger partial charge on any atom is -0.493 e. The first-order valence-electron chi connectivity index (χ1n) is 27.1. The lowest BCUT2D eigenvalue weighted by atomic mass is 9.90. The average molecular weight is 1030 g/mol. The Hall–Kier alpha value is -7.55. The third-order valence-corrected chi connectivity index (χ3v) is 12.9. The molecule has 1 aliphatic carbocycles. The highest BCUT2D eigenvalue weighted by Crippen LogP contribution is 2.40. The Bertz CT molecular complexity index is 2630. The number of ether oxygens (including phenoxy) is 4. The van der Waals surface area contributed by atoms with Gasteiger partial charge in [-0.1, -0.05) is 97.9 Å². The lowest BCUT2D eigenvalue weighted by Gasteiger charge is -2.23. The quantitative estimate of drug-likeness (QED) is 0.0731. The highest BCUT2D eigenvalue weighted by atomic mass is 16.5. The molecule has 4 aromatic carbocycles. The molecule has 76 heavy (non-hydrogen) atoms. The second-order valence-electron chi connectivity index (χ2n) is 20.4. The lowest BCUT2D eigenvalue weighted by molar-refractivity contribution is -0.124. The van der Waals surface area contributed by atoms with Gasteiger partial charge in [-0.25, -0.2) is 15.8 Å². The number of pyridine rings is 1. The van der Waals surface area contributed by atoms with Crippen LogP contribution in [0, 0.1) is 11.8 Å². The van der Waals surface area contributed by atoms with Crippen molar-refractivity contribution >= 4 is 36.1 Å². The number of rotatable bonds is 16. The van der Waals surface area contributed by atoms with Gasteiger partial charge in [0.15, 0.2) is 0 Å². The average Bonchev–Trinajstić information content (AvgIpc) is 3.39. The van der Waals surface area contributed by atoms with Crippen molar-refractivity contribution < 1.29 is 38.1 Å². The monoisotopic (exact) mass is 1030 g/mol. The highest BCUT2D eigenvalue weighted by molar-refractivity contribution is 5.99. The molecule has 0 unspecified atom stereocenters. The largest absolute Gasteiger partial charge is 0.493 e. The minimum atomic E-state index is -0.997. The molecule has 15 nitrogen and oxygen atoms in total. The van der Waals surface area contributed by atoms with Crippen molar-refractivity contribution in [2.75, 3.05) is 26.4 Å². The summed E-state index contributed by atoms with van der Waals surface area (Å²) in [4.78, 5) is 60.1. The fraction of sp³-hybridized carbons (Fsp3) is 0.426. The molecule has 1 aromatic heterocycles. The Balaban J connectivity index is 1.48. The van der Waals surface area contributed by atoms with Crippen LogP contribution in [0.15, 0.2) is 89.1 Å². The summed E-state index contributed by atoms with van der Waals surface area (Å²) < 4.78 is 27.0.